The summed E-state index contributed by atoms with van der Waals surface area (Å²) in [5, 5.41) is 7.64. The lowest BCUT2D eigenvalue weighted by atomic mass is 10.3. The first-order valence-electron chi connectivity index (χ1n) is 6.10. The van der Waals surface area contributed by atoms with Crippen molar-refractivity contribution in [2.45, 2.75) is 12.1 Å². The summed E-state index contributed by atoms with van der Waals surface area (Å²) in [6.45, 7) is 1.73. The van der Waals surface area contributed by atoms with Gasteiger partial charge in [-0.05, 0) is 19.1 Å². The molecule has 0 aliphatic heterocycles. The second-order valence-electron chi connectivity index (χ2n) is 4.51. The first-order valence-corrected chi connectivity index (χ1v) is 7.99. The number of aryl methyl sites for hydroxylation is 1. The molecule has 0 saturated carbocycles. The largest absolute Gasteiger partial charge is 0.448 e. The van der Waals surface area contributed by atoms with Gasteiger partial charge in [-0.2, -0.15) is 0 Å². The van der Waals surface area contributed by atoms with Crippen molar-refractivity contribution in [2.75, 3.05) is 6.26 Å². The van der Waals surface area contributed by atoms with Crippen LogP contribution in [0.3, 0.4) is 0 Å². The Morgan fingerprint density at radius 3 is 2.43 bits per heavy atom. The molecule has 0 aliphatic carbocycles. The van der Waals surface area contributed by atoms with E-state index < -0.39 is 9.84 Å². The molecule has 8 heteroatoms. The van der Waals surface area contributed by atoms with Crippen molar-refractivity contribution in [3.05, 3.63) is 42.5 Å². The monoisotopic (exact) mass is 304 g/mol. The average molecular weight is 304 g/mol. The van der Waals surface area contributed by atoms with Crippen LogP contribution >= 0.6 is 0 Å². The molecule has 0 bridgehead atoms. The number of aromatic nitrogens is 4. The third-order valence-electron chi connectivity index (χ3n) is 2.94. The topological polar surface area (TPSA) is 90.9 Å². The summed E-state index contributed by atoms with van der Waals surface area (Å²) >= 11 is 0. The summed E-state index contributed by atoms with van der Waals surface area (Å²) in [6, 6.07) is 9.00. The van der Waals surface area contributed by atoms with E-state index in [0.29, 0.717) is 23.0 Å². The number of hydrogen-bond acceptors (Lipinski definition) is 6. The molecule has 0 spiro atoms. The van der Waals surface area contributed by atoms with Gasteiger partial charge in [-0.15, -0.1) is 10.2 Å². The Morgan fingerprint density at radius 2 is 1.86 bits per heavy atom. The van der Waals surface area contributed by atoms with Crippen LogP contribution in [0.4, 0.5) is 0 Å². The van der Waals surface area contributed by atoms with Crippen molar-refractivity contribution < 1.29 is 12.8 Å². The number of oxazole rings is 1. The van der Waals surface area contributed by atoms with E-state index in [-0.39, 0.29) is 5.16 Å². The molecule has 3 aromatic rings. The van der Waals surface area contributed by atoms with E-state index in [9.17, 15) is 8.42 Å². The molecule has 0 unspecified atom stereocenters. The van der Waals surface area contributed by atoms with Crippen LogP contribution in [0.5, 0.6) is 0 Å². The molecule has 2 aromatic heterocycles. The highest BCUT2D eigenvalue weighted by Crippen LogP contribution is 2.25. The third-order valence-corrected chi connectivity index (χ3v) is 3.86. The molecule has 0 saturated heterocycles. The van der Waals surface area contributed by atoms with Gasteiger partial charge < -0.3 is 4.42 Å². The van der Waals surface area contributed by atoms with Crippen molar-refractivity contribution in [1.29, 1.82) is 0 Å². The van der Waals surface area contributed by atoms with Crippen molar-refractivity contribution in [3.63, 3.8) is 0 Å². The Morgan fingerprint density at radius 1 is 1.14 bits per heavy atom. The van der Waals surface area contributed by atoms with Gasteiger partial charge in [0.05, 0.1) is 0 Å². The second-order valence-corrected chi connectivity index (χ2v) is 6.42. The lowest BCUT2D eigenvalue weighted by molar-refractivity contribution is 0.527. The Hall–Kier alpha value is -2.48. The Kier molecular flexibility index (Phi) is 3.09. The first kappa shape index (κ1) is 13.5. The van der Waals surface area contributed by atoms with Crippen LogP contribution in [0, 0.1) is 6.92 Å². The number of nitrogens with zero attached hydrogens (tertiary/aromatic N) is 4. The minimum absolute atomic E-state index is 0.133. The standard InChI is InChI=1S/C13H12N4O3S/c1-9-11(14-8-20-9)12-15-16-13(21(2,18)19)17(12)10-6-4-3-5-7-10/h3-8H,1-2H3. The summed E-state index contributed by atoms with van der Waals surface area (Å²) in [4.78, 5) is 4.08. The maximum atomic E-state index is 11.9. The van der Waals surface area contributed by atoms with Gasteiger partial charge in [-0.1, -0.05) is 18.2 Å². The Bertz CT molecular complexity index is 881. The molecule has 108 valence electrons. The summed E-state index contributed by atoms with van der Waals surface area (Å²) in [7, 11) is -3.53. The highest BCUT2D eigenvalue weighted by molar-refractivity contribution is 7.90. The number of rotatable bonds is 3. The molecular weight excluding hydrogens is 292 g/mol. The zero-order valence-corrected chi connectivity index (χ0v) is 12.2. The Balaban J connectivity index is 2.33. The average Bonchev–Trinajstić information content (AvgIpc) is 3.04. The van der Waals surface area contributed by atoms with E-state index >= 15 is 0 Å². The van der Waals surface area contributed by atoms with Crippen molar-refractivity contribution >= 4 is 9.84 Å². The van der Waals surface area contributed by atoms with Gasteiger partial charge in [0.1, 0.15) is 11.5 Å². The fourth-order valence-corrected chi connectivity index (χ4v) is 2.71. The van der Waals surface area contributed by atoms with Gasteiger partial charge in [-0.3, -0.25) is 4.57 Å². The number of benzene rings is 1. The van der Waals surface area contributed by atoms with Crippen molar-refractivity contribution in [2.24, 2.45) is 0 Å². The second kappa shape index (κ2) is 4.81. The molecule has 21 heavy (non-hydrogen) atoms. The van der Waals surface area contributed by atoms with Gasteiger partial charge in [0.15, 0.2) is 12.2 Å². The van der Waals surface area contributed by atoms with Crippen LogP contribution in [-0.2, 0) is 9.84 Å². The van der Waals surface area contributed by atoms with Gasteiger partial charge in [0, 0.05) is 11.9 Å². The fourth-order valence-electron chi connectivity index (χ4n) is 1.99. The quantitative estimate of drug-likeness (QED) is 0.730. The lowest BCUT2D eigenvalue weighted by Gasteiger charge is -2.08. The fraction of sp³-hybridized carbons (Fsp3) is 0.154. The predicted molar refractivity (Wildman–Crippen MR) is 74.7 cm³/mol. The maximum Gasteiger partial charge on any atom is 0.254 e. The van der Waals surface area contributed by atoms with Crippen molar-refractivity contribution in [3.8, 4) is 17.2 Å². The van der Waals surface area contributed by atoms with Crippen LogP contribution in [0.15, 0.2) is 46.3 Å². The van der Waals surface area contributed by atoms with Crippen LogP contribution < -0.4 is 0 Å². The predicted octanol–water partition coefficient (Wildman–Crippen LogP) is 1.63. The summed E-state index contributed by atoms with van der Waals surface area (Å²) in [5.41, 5.74) is 1.10. The summed E-state index contributed by atoms with van der Waals surface area (Å²) < 4.78 is 30.5. The smallest absolute Gasteiger partial charge is 0.254 e. The Labute approximate surface area is 121 Å². The number of hydrogen-bond donors (Lipinski definition) is 0. The van der Waals surface area contributed by atoms with Gasteiger partial charge in [0.2, 0.25) is 9.84 Å². The number of sulfone groups is 1. The molecule has 0 fully saturated rings. The molecular formula is C13H12N4O3S. The molecule has 0 N–H and O–H groups in total. The van der Waals surface area contributed by atoms with E-state index in [1.807, 2.05) is 6.07 Å². The molecule has 0 aliphatic rings. The SMILES string of the molecule is Cc1ocnc1-c1nnc(S(C)(=O)=O)n1-c1ccccc1. The lowest BCUT2D eigenvalue weighted by Crippen LogP contribution is -2.09. The van der Waals surface area contributed by atoms with Crippen molar-refractivity contribution in [1.82, 2.24) is 19.7 Å². The molecule has 7 nitrogen and oxygen atoms in total. The molecule has 3 rings (SSSR count). The van der Waals surface area contributed by atoms with Gasteiger partial charge in [-0.25, -0.2) is 13.4 Å². The van der Waals surface area contributed by atoms with Gasteiger partial charge in [0.25, 0.3) is 5.16 Å². The molecule has 0 radical (unpaired) electrons. The molecule has 0 amide bonds. The van der Waals surface area contributed by atoms with Crippen LogP contribution in [0.25, 0.3) is 17.2 Å². The highest BCUT2D eigenvalue weighted by Gasteiger charge is 2.24. The van der Waals surface area contributed by atoms with Crippen LogP contribution in [0.1, 0.15) is 5.76 Å². The minimum atomic E-state index is -3.53. The van der Waals surface area contributed by atoms with Crippen LogP contribution in [0.2, 0.25) is 0 Å². The maximum absolute atomic E-state index is 11.9. The van der Waals surface area contributed by atoms with E-state index in [0.717, 1.165) is 6.26 Å². The minimum Gasteiger partial charge on any atom is -0.448 e. The molecule has 2 heterocycles. The summed E-state index contributed by atoms with van der Waals surface area (Å²) in [5.74, 6) is 0.868. The number of para-hydroxylation sites is 1. The van der Waals surface area contributed by atoms with E-state index in [1.165, 1.54) is 11.0 Å². The zero-order chi connectivity index (χ0) is 15.0. The van der Waals surface area contributed by atoms with E-state index in [2.05, 4.69) is 15.2 Å². The zero-order valence-electron chi connectivity index (χ0n) is 11.4. The molecule has 1 aromatic carbocycles. The molecule has 0 atom stereocenters. The summed E-state index contributed by atoms with van der Waals surface area (Å²) in [6.07, 6.45) is 2.38. The highest BCUT2D eigenvalue weighted by atomic mass is 32.2. The van der Waals surface area contributed by atoms with Gasteiger partial charge >= 0.3 is 0 Å². The van der Waals surface area contributed by atoms with E-state index in [1.54, 1.807) is 31.2 Å². The van der Waals surface area contributed by atoms with E-state index in [4.69, 9.17) is 4.42 Å². The third kappa shape index (κ3) is 2.33. The van der Waals surface area contributed by atoms with Crippen LogP contribution in [-0.4, -0.2) is 34.4 Å². The first-order chi connectivity index (χ1) is 9.98. The normalized spacial score (nSPS) is 11.7.